The number of ether oxygens (including phenoxy) is 1. The fourth-order valence-corrected chi connectivity index (χ4v) is 6.50. The lowest BCUT2D eigenvalue weighted by atomic mass is 9.87. The van der Waals surface area contributed by atoms with Crippen LogP contribution in [-0.4, -0.2) is 18.0 Å². The molecule has 1 aromatic rings. The largest absolute Gasteiger partial charge is 0.459 e. The molecule has 2 bridgehead atoms. The Kier molecular flexibility index (Phi) is 4.84. The van der Waals surface area contributed by atoms with Gasteiger partial charge in [0.2, 0.25) is 5.91 Å². The fourth-order valence-electron chi connectivity index (χ4n) is 5.10. The first-order valence-corrected chi connectivity index (χ1v) is 10.9. The number of hydrogen-bond acceptors (Lipinski definition) is 4. The van der Waals surface area contributed by atoms with Gasteiger partial charge >= 0.3 is 5.97 Å². The lowest BCUT2D eigenvalue weighted by Gasteiger charge is -2.21. The average molecular weight is 376 g/mol. The van der Waals surface area contributed by atoms with Gasteiger partial charge in [-0.15, -0.1) is 11.3 Å². The summed E-state index contributed by atoms with van der Waals surface area (Å²) in [6.45, 7) is 5.99. The second-order valence-electron chi connectivity index (χ2n) is 8.78. The van der Waals surface area contributed by atoms with E-state index in [0.717, 1.165) is 42.2 Å². The SMILES string of the molecule is CC(C)OC(=O)c1c(NC(=O)[C@@H]2C[C@H]3CC[C@@H]2C3)sc2c1CC[C@H](C)C2. The van der Waals surface area contributed by atoms with Crippen molar-refractivity contribution in [1.82, 2.24) is 0 Å². The van der Waals surface area contributed by atoms with E-state index in [1.807, 2.05) is 13.8 Å². The Hall–Kier alpha value is -1.36. The molecule has 4 rings (SSSR count). The number of fused-ring (bicyclic) bond motifs is 3. The molecule has 3 aliphatic rings. The van der Waals surface area contributed by atoms with E-state index in [2.05, 4.69) is 12.2 Å². The summed E-state index contributed by atoms with van der Waals surface area (Å²) in [5.41, 5.74) is 1.74. The fraction of sp³-hybridized carbons (Fsp3) is 0.714. The molecule has 0 aliphatic heterocycles. The maximum Gasteiger partial charge on any atom is 0.341 e. The highest BCUT2D eigenvalue weighted by atomic mass is 32.1. The van der Waals surface area contributed by atoms with E-state index in [4.69, 9.17) is 4.74 Å². The summed E-state index contributed by atoms with van der Waals surface area (Å²) in [4.78, 5) is 26.9. The molecule has 3 aliphatic carbocycles. The van der Waals surface area contributed by atoms with Gasteiger partial charge in [-0.3, -0.25) is 4.79 Å². The quantitative estimate of drug-likeness (QED) is 0.768. The predicted molar refractivity (Wildman–Crippen MR) is 104 cm³/mol. The van der Waals surface area contributed by atoms with Gasteiger partial charge in [0.1, 0.15) is 5.00 Å². The van der Waals surface area contributed by atoms with Crippen LogP contribution in [0.25, 0.3) is 0 Å². The van der Waals surface area contributed by atoms with Crippen LogP contribution in [0.2, 0.25) is 0 Å². The van der Waals surface area contributed by atoms with Crippen molar-refractivity contribution in [3.63, 3.8) is 0 Å². The lowest BCUT2D eigenvalue weighted by Crippen LogP contribution is -2.27. The van der Waals surface area contributed by atoms with Crippen LogP contribution < -0.4 is 5.32 Å². The smallest absolute Gasteiger partial charge is 0.341 e. The molecular formula is C21H29NO3S. The van der Waals surface area contributed by atoms with Crippen molar-refractivity contribution in [3.05, 3.63) is 16.0 Å². The Morgan fingerprint density at radius 3 is 2.65 bits per heavy atom. The van der Waals surface area contributed by atoms with Crippen LogP contribution >= 0.6 is 11.3 Å². The number of rotatable bonds is 4. The molecule has 1 N–H and O–H groups in total. The molecule has 26 heavy (non-hydrogen) atoms. The highest BCUT2D eigenvalue weighted by molar-refractivity contribution is 7.17. The summed E-state index contributed by atoms with van der Waals surface area (Å²) < 4.78 is 5.50. The van der Waals surface area contributed by atoms with E-state index in [1.54, 1.807) is 11.3 Å². The van der Waals surface area contributed by atoms with Crippen LogP contribution in [0.1, 0.15) is 73.7 Å². The van der Waals surface area contributed by atoms with Crippen molar-refractivity contribution >= 4 is 28.2 Å². The molecule has 0 saturated heterocycles. The second-order valence-corrected chi connectivity index (χ2v) is 9.89. The monoisotopic (exact) mass is 375 g/mol. The minimum atomic E-state index is -0.282. The van der Waals surface area contributed by atoms with Crippen LogP contribution in [0, 0.1) is 23.7 Å². The van der Waals surface area contributed by atoms with Gasteiger partial charge in [-0.05, 0) is 75.7 Å². The Morgan fingerprint density at radius 2 is 2.00 bits per heavy atom. The molecule has 0 unspecified atom stereocenters. The normalized spacial score (nSPS) is 29.7. The summed E-state index contributed by atoms with van der Waals surface area (Å²) in [7, 11) is 0. The Morgan fingerprint density at radius 1 is 1.19 bits per heavy atom. The van der Waals surface area contributed by atoms with Gasteiger partial charge in [0.15, 0.2) is 0 Å². The first-order chi connectivity index (χ1) is 12.4. The standard InChI is InChI=1S/C21H29NO3S/c1-11(2)25-21(24)18-15-7-4-12(3)8-17(15)26-20(18)22-19(23)16-10-13-5-6-14(16)9-13/h11-14,16H,4-10H2,1-3H3,(H,22,23)/t12-,13-,14+,16+/m0/s1. The van der Waals surface area contributed by atoms with E-state index in [9.17, 15) is 9.59 Å². The maximum atomic E-state index is 12.9. The summed E-state index contributed by atoms with van der Waals surface area (Å²) in [6.07, 6.45) is 7.52. The molecule has 142 valence electrons. The van der Waals surface area contributed by atoms with Crippen molar-refractivity contribution in [1.29, 1.82) is 0 Å². The van der Waals surface area contributed by atoms with E-state index in [1.165, 1.54) is 24.1 Å². The molecule has 1 amide bonds. The van der Waals surface area contributed by atoms with Crippen LogP contribution in [0.5, 0.6) is 0 Å². The van der Waals surface area contributed by atoms with Gasteiger partial charge < -0.3 is 10.1 Å². The number of amides is 1. The summed E-state index contributed by atoms with van der Waals surface area (Å²) in [5.74, 6) is 1.86. The van der Waals surface area contributed by atoms with E-state index in [0.29, 0.717) is 17.4 Å². The van der Waals surface area contributed by atoms with E-state index >= 15 is 0 Å². The maximum absolute atomic E-state index is 12.9. The molecule has 4 atom stereocenters. The third-order valence-electron chi connectivity index (χ3n) is 6.37. The van der Waals surface area contributed by atoms with Crippen molar-refractivity contribution in [3.8, 4) is 0 Å². The van der Waals surface area contributed by atoms with Gasteiger partial charge in [-0.2, -0.15) is 0 Å². The number of nitrogens with one attached hydrogen (secondary N) is 1. The number of thiophene rings is 1. The van der Waals surface area contributed by atoms with Crippen molar-refractivity contribution < 1.29 is 14.3 Å². The second kappa shape index (κ2) is 6.99. The molecule has 5 heteroatoms. The summed E-state index contributed by atoms with van der Waals surface area (Å²) in [6, 6.07) is 0. The zero-order valence-corrected chi connectivity index (χ0v) is 16.8. The van der Waals surface area contributed by atoms with E-state index in [-0.39, 0.29) is 23.9 Å². The minimum absolute atomic E-state index is 0.113. The zero-order valence-electron chi connectivity index (χ0n) is 16.0. The highest BCUT2D eigenvalue weighted by Crippen LogP contribution is 2.49. The third-order valence-corrected chi connectivity index (χ3v) is 7.54. The van der Waals surface area contributed by atoms with Crippen molar-refractivity contribution in [2.75, 3.05) is 5.32 Å². The number of anilines is 1. The van der Waals surface area contributed by atoms with Gasteiger partial charge in [-0.1, -0.05) is 13.3 Å². The third kappa shape index (κ3) is 3.30. The lowest BCUT2D eigenvalue weighted by molar-refractivity contribution is -0.121. The van der Waals surface area contributed by atoms with Crippen LogP contribution in [0.3, 0.4) is 0 Å². The molecule has 0 aromatic carbocycles. The van der Waals surface area contributed by atoms with Gasteiger partial charge in [-0.25, -0.2) is 4.79 Å². The highest BCUT2D eigenvalue weighted by Gasteiger charge is 2.43. The van der Waals surface area contributed by atoms with Crippen molar-refractivity contribution in [2.24, 2.45) is 23.7 Å². The molecule has 1 aromatic heterocycles. The topological polar surface area (TPSA) is 55.4 Å². The Balaban J connectivity index is 1.60. The van der Waals surface area contributed by atoms with Crippen LogP contribution in [-0.2, 0) is 22.4 Å². The average Bonchev–Trinajstić information content (AvgIpc) is 3.26. The van der Waals surface area contributed by atoms with Gasteiger partial charge in [0, 0.05) is 10.8 Å². The van der Waals surface area contributed by atoms with Gasteiger partial charge in [0.05, 0.1) is 11.7 Å². The number of esters is 1. The molecule has 1 heterocycles. The first kappa shape index (κ1) is 18.0. The number of hydrogen-bond donors (Lipinski definition) is 1. The molecule has 0 radical (unpaired) electrons. The Labute approximate surface area is 159 Å². The number of carbonyl (C=O) groups excluding carboxylic acids is 2. The molecular weight excluding hydrogens is 346 g/mol. The number of carbonyl (C=O) groups is 2. The summed E-state index contributed by atoms with van der Waals surface area (Å²) >= 11 is 1.60. The Bertz CT molecular complexity index is 723. The van der Waals surface area contributed by atoms with Crippen LogP contribution in [0.15, 0.2) is 0 Å². The molecule has 4 nitrogen and oxygen atoms in total. The predicted octanol–water partition coefficient (Wildman–Crippen LogP) is 4.81. The summed E-state index contributed by atoms with van der Waals surface area (Å²) in [5, 5.41) is 3.87. The van der Waals surface area contributed by atoms with E-state index < -0.39 is 0 Å². The van der Waals surface area contributed by atoms with Crippen LogP contribution in [0.4, 0.5) is 5.00 Å². The zero-order chi connectivity index (χ0) is 18.4. The molecule has 0 spiro atoms. The minimum Gasteiger partial charge on any atom is -0.459 e. The first-order valence-electron chi connectivity index (χ1n) is 10.1. The van der Waals surface area contributed by atoms with Crippen molar-refractivity contribution in [2.45, 2.75) is 71.8 Å². The van der Waals surface area contributed by atoms with Gasteiger partial charge in [0.25, 0.3) is 0 Å². The molecule has 2 saturated carbocycles. The molecule has 2 fully saturated rings.